The van der Waals surface area contributed by atoms with E-state index >= 15 is 0 Å². The Morgan fingerprint density at radius 3 is 2.78 bits per heavy atom. The van der Waals surface area contributed by atoms with Crippen molar-refractivity contribution in [3.8, 4) is 5.69 Å². The summed E-state index contributed by atoms with van der Waals surface area (Å²) in [6.45, 7) is 3.91. The Morgan fingerprint density at radius 1 is 1.39 bits per heavy atom. The fraction of sp³-hybridized carbons (Fsp3) is 0.333. The first-order valence-corrected chi connectivity index (χ1v) is 5.80. The number of hydrogen-bond acceptors (Lipinski definition) is 4. The van der Waals surface area contributed by atoms with Crippen LogP contribution < -0.4 is 0 Å². The highest BCUT2D eigenvalue weighted by Crippen LogP contribution is 2.14. The van der Waals surface area contributed by atoms with Crippen LogP contribution in [0.15, 0.2) is 18.3 Å². The molecule has 0 saturated carbocycles. The van der Waals surface area contributed by atoms with E-state index in [2.05, 4.69) is 15.1 Å². The van der Waals surface area contributed by atoms with Crippen molar-refractivity contribution in [2.24, 2.45) is 0 Å². The predicted octanol–water partition coefficient (Wildman–Crippen LogP) is 1.49. The Hall–Kier alpha value is -2.24. The Balaban J connectivity index is 2.61. The summed E-state index contributed by atoms with van der Waals surface area (Å²) in [5.41, 5.74) is 0.439. The van der Waals surface area contributed by atoms with Crippen LogP contribution in [-0.4, -0.2) is 30.8 Å². The maximum Gasteiger partial charge on any atom is 0.356 e. The molecule has 2 aromatic rings. The van der Waals surface area contributed by atoms with E-state index in [0.717, 1.165) is 5.82 Å². The fourth-order valence-corrected chi connectivity index (χ4v) is 1.70. The van der Waals surface area contributed by atoms with Crippen LogP contribution >= 0.6 is 0 Å². The van der Waals surface area contributed by atoms with Crippen LogP contribution in [0.1, 0.15) is 36.0 Å². The molecule has 2 rings (SSSR count). The summed E-state index contributed by atoms with van der Waals surface area (Å²) in [4.78, 5) is 19.4. The first kappa shape index (κ1) is 12.2. The number of pyridine rings is 1. The lowest BCUT2D eigenvalue weighted by Crippen LogP contribution is -2.11. The molecule has 1 N–H and O–H groups in total. The van der Waals surface area contributed by atoms with Crippen LogP contribution in [0.2, 0.25) is 0 Å². The lowest BCUT2D eigenvalue weighted by Gasteiger charge is -2.06. The highest BCUT2D eigenvalue weighted by atomic mass is 16.4. The maximum atomic E-state index is 11.1. The first-order chi connectivity index (χ1) is 8.67. The zero-order valence-electron chi connectivity index (χ0n) is 10.3. The van der Waals surface area contributed by atoms with E-state index in [0.29, 0.717) is 24.4 Å². The smallest absolute Gasteiger partial charge is 0.356 e. The van der Waals surface area contributed by atoms with Crippen molar-refractivity contribution in [3.63, 3.8) is 0 Å². The number of aromatic nitrogens is 4. The zero-order chi connectivity index (χ0) is 13.1. The van der Waals surface area contributed by atoms with E-state index in [4.69, 9.17) is 5.11 Å². The molecule has 0 aromatic carbocycles. The van der Waals surface area contributed by atoms with Crippen LogP contribution in [0.5, 0.6) is 0 Å². The lowest BCUT2D eigenvalue weighted by atomic mass is 10.3. The van der Waals surface area contributed by atoms with E-state index in [1.807, 2.05) is 13.8 Å². The monoisotopic (exact) mass is 246 g/mol. The molecule has 6 nitrogen and oxygen atoms in total. The van der Waals surface area contributed by atoms with Gasteiger partial charge in [0.25, 0.3) is 0 Å². The number of carbonyl (C=O) groups is 1. The third-order valence-electron chi connectivity index (χ3n) is 2.57. The van der Waals surface area contributed by atoms with E-state index in [-0.39, 0.29) is 5.69 Å². The SMILES string of the molecule is CCc1nc(CC)n(-c2cccnc2C(=O)O)n1. The van der Waals surface area contributed by atoms with Gasteiger partial charge in [0, 0.05) is 19.0 Å². The van der Waals surface area contributed by atoms with E-state index in [1.165, 1.54) is 6.20 Å². The summed E-state index contributed by atoms with van der Waals surface area (Å²) in [5, 5.41) is 13.4. The van der Waals surface area contributed by atoms with Gasteiger partial charge in [0.15, 0.2) is 11.5 Å². The molecule has 2 aromatic heterocycles. The van der Waals surface area contributed by atoms with Crippen molar-refractivity contribution < 1.29 is 9.90 Å². The van der Waals surface area contributed by atoms with Gasteiger partial charge in [-0.25, -0.2) is 19.4 Å². The minimum atomic E-state index is -1.07. The minimum absolute atomic E-state index is 0.0141. The first-order valence-electron chi connectivity index (χ1n) is 5.80. The average molecular weight is 246 g/mol. The van der Waals surface area contributed by atoms with Gasteiger partial charge >= 0.3 is 5.97 Å². The van der Waals surface area contributed by atoms with Crippen molar-refractivity contribution in [3.05, 3.63) is 35.7 Å². The van der Waals surface area contributed by atoms with E-state index in [9.17, 15) is 4.79 Å². The van der Waals surface area contributed by atoms with Crippen molar-refractivity contribution in [1.29, 1.82) is 0 Å². The zero-order valence-corrected chi connectivity index (χ0v) is 10.3. The third-order valence-corrected chi connectivity index (χ3v) is 2.57. The highest BCUT2D eigenvalue weighted by Gasteiger charge is 2.17. The second-order valence-electron chi connectivity index (χ2n) is 3.74. The fourth-order valence-electron chi connectivity index (χ4n) is 1.70. The molecule has 0 bridgehead atoms. The Kier molecular flexibility index (Phi) is 3.36. The van der Waals surface area contributed by atoms with Crippen molar-refractivity contribution >= 4 is 5.97 Å². The topological polar surface area (TPSA) is 80.9 Å². The van der Waals surface area contributed by atoms with Gasteiger partial charge in [-0.15, -0.1) is 0 Å². The van der Waals surface area contributed by atoms with Gasteiger partial charge in [-0.3, -0.25) is 0 Å². The number of hydrogen-bond donors (Lipinski definition) is 1. The van der Waals surface area contributed by atoms with Crippen molar-refractivity contribution in [2.45, 2.75) is 26.7 Å². The molecular weight excluding hydrogens is 232 g/mol. The number of carboxylic acid groups (broad SMARTS) is 1. The number of aromatic carboxylic acids is 1. The van der Waals surface area contributed by atoms with Crippen LogP contribution in [0.3, 0.4) is 0 Å². The molecule has 0 aliphatic rings. The summed E-state index contributed by atoms with van der Waals surface area (Å²) in [6, 6.07) is 3.37. The van der Waals surface area contributed by atoms with Crippen LogP contribution in [0.25, 0.3) is 5.69 Å². The molecule has 0 aliphatic heterocycles. The number of rotatable bonds is 4. The molecule has 0 radical (unpaired) electrons. The Labute approximate surface area is 104 Å². The molecule has 6 heteroatoms. The summed E-state index contributed by atoms with van der Waals surface area (Å²) in [7, 11) is 0. The second-order valence-corrected chi connectivity index (χ2v) is 3.74. The Morgan fingerprint density at radius 2 is 2.17 bits per heavy atom. The van der Waals surface area contributed by atoms with Gasteiger partial charge < -0.3 is 5.11 Å². The van der Waals surface area contributed by atoms with Crippen molar-refractivity contribution in [2.75, 3.05) is 0 Å². The van der Waals surface area contributed by atoms with Crippen molar-refractivity contribution in [1.82, 2.24) is 19.7 Å². The summed E-state index contributed by atoms with van der Waals surface area (Å²) in [5.74, 6) is 0.371. The standard InChI is InChI=1S/C12H14N4O2/c1-3-9-14-10(4-2)16(15-9)8-6-5-7-13-11(8)12(17)18/h5-7H,3-4H2,1-2H3,(H,17,18). The molecule has 18 heavy (non-hydrogen) atoms. The highest BCUT2D eigenvalue weighted by molar-refractivity contribution is 5.89. The molecule has 94 valence electrons. The number of aryl methyl sites for hydroxylation is 2. The van der Waals surface area contributed by atoms with Gasteiger partial charge in [0.05, 0.1) is 5.69 Å². The predicted molar refractivity (Wildman–Crippen MR) is 64.9 cm³/mol. The molecule has 2 heterocycles. The summed E-state index contributed by atoms with van der Waals surface area (Å²) < 4.78 is 1.56. The van der Waals surface area contributed by atoms with Gasteiger partial charge in [0.1, 0.15) is 5.82 Å². The van der Waals surface area contributed by atoms with Gasteiger partial charge in [0.2, 0.25) is 0 Å². The average Bonchev–Trinajstić information content (AvgIpc) is 2.81. The van der Waals surface area contributed by atoms with E-state index < -0.39 is 5.97 Å². The van der Waals surface area contributed by atoms with Gasteiger partial charge in [-0.2, -0.15) is 5.10 Å². The van der Waals surface area contributed by atoms with Crippen LogP contribution in [-0.2, 0) is 12.8 Å². The number of carboxylic acids is 1. The quantitative estimate of drug-likeness (QED) is 0.883. The molecule has 0 saturated heterocycles. The molecular formula is C12H14N4O2. The van der Waals surface area contributed by atoms with Crippen LogP contribution in [0.4, 0.5) is 0 Å². The molecule has 0 amide bonds. The normalized spacial score (nSPS) is 10.6. The lowest BCUT2D eigenvalue weighted by molar-refractivity contribution is 0.0690. The summed E-state index contributed by atoms with van der Waals surface area (Å²) >= 11 is 0. The second kappa shape index (κ2) is 4.95. The summed E-state index contributed by atoms with van der Waals surface area (Å²) in [6.07, 6.45) is 2.85. The molecule has 0 fully saturated rings. The third kappa shape index (κ3) is 2.09. The number of nitrogens with zero attached hydrogens (tertiary/aromatic N) is 4. The Bertz CT molecular complexity index is 577. The molecule has 0 aliphatic carbocycles. The largest absolute Gasteiger partial charge is 0.476 e. The van der Waals surface area contributed by atoms with Gasteiger partial charge in [-0.1, -0.05) is 13.8 Å². The molecule has 0 atom stereocenters. The maximum absolute atomic E-state index is 11.1. The van der Waals surface area contributed by atoms with Crippen LogP contribution in [0, 0.1) is 0 Å². The van der Waals surface area contributed by atoms with Gasteiger partial charge in [-0.05, 0) is 12.1 Å². The van der Waals surface area contributed by atoms with E-state index in [1.54, 1.807) is 16.8 Å². The molecule has 0 spiro atoms. The minimum Gasteiger partial charge on any atom is -0.476 e. The molecule has 0 unspecified atom stereocenters.